The first-order chi connectivity index (χ1) is 6.41. The van der Waals surface area contributed by atoms with E-state index in [2.05, 4.69) is 12.0 Å². The van der Waals surface area contributed by atoms with Crippen LogP contribution in [0, 0.1) is 24.0 Å². The van der Waals surface area contributed by atoms with E-state index in [9.17, 15) is 0 Å². The highest BCUT2D eigenvalue weighted by Gasteiger charge is 2.22. The van der Waals surface area contributed by atoms with E-state index in [-0.39, 0.29) is 19.5 Å². The summed E-state index contributed by atoms with van der Waals surface area (Å²) >= 11 is 0. The normalized spacial score (nSPS) is 5.38. The molecule has 0 heterocycles. The van der Waals surface area contributed by atoms with Gasteiger partial charge in [-0.2, -0.15) is 24.0 Å². The van der Waals surface area contributed by atoms with Crippen LogP contribution in [0.1, 0.15) is 0 Å². The molecule has 0 spiro atoms. The van der Waals surface area contributed by atoms with Gasteiger partial charge in [0, 0.05) is 0 Å². The van der Waals surface area contributed by atoms with Crippen LogP contribution in [0.3, 0.4) is 0 Å². The molecule has 7 N–H and O–H groups in total. The maximum absolute atomic E-state index is 7.33. The van der Waals surface area contributed by atoms with Crippen LogP contribution in [0.4, 0.5) is 0 Å². The molecular weight excluding hydrogens is 313 g/mol. The smallest absolute Gasteiger partial charge is 0.668 e. The Bertz CT molecular complexity index is 195. The molecule has 92 valence electrons. The molecule has 0 aromatic heterocycles. The lowest BCUT2D eigenvalue weighted by Gasteiger charge is -1.91. The molecule has 0 saturated carbocycles. The molecule has 0 atom stereocenters. The first-order valence-electron chi connectivity index (χ1n) is 2.85. The quantitative estimate of drug-likeness (QED) is 0.327. The van der Waals surface area contributed by atoms with Crippen molar-refractivity contribution in [3.63, 3.8) is 0 Å². The van der Waals surface area contributed by atoms with Gasteiger partial charge in [0.25, 0.3) is 0 Å². The summed E-state index contributed by atoms with van der Waals surface area (Å²) in [5.74, 6) is 0. The second-order valence-corrected chi connectivity index (χ2v) is 10.2. The van der Waals surface area contributed by atoms with Gasteiger partial charge in [-0.05, 0) is 36.3 Å². The lowest BCUT2D eigenvalue weighted by molar-refractivity contribution is 0.117. The lowest BCUT2D eigenvalue weighted by Crippen LogP contribution is -2.33. The Hall–Kier alpha value is 0.181. The number of rotatable bonds is 0. The van der Waals surface area contributed by atoms with E-state index in [4.69, 9.17) is 31.2 Å². The van der Waals surface area contributed by atoms with Crippen LogP contribution in [-0.4, -0.2) is 84.1 Å². The van der Waals surface area contributed by atoms with E-state index in [0.29, 0.717) is 17.0 Å². The van der Waals surface area contributed by atoms with E-state index in [1.54, 1.807) is 0 Å². The predicted molar refractivity (Wildman–Crippen MR) is 74.3 cm³/mol. The molecule has 0 radical (unpaired) electrons. The van der Waals surface area contributed by atoms with E-state index < -0.39 is 9.05 Å². The molecule has 0 aliphatic rings. The van der Waals surface area contributed by atoms with Gasteiger partial charge >= 0.3 is 9.05 Å². The molecule has 6 nitrogen and oxygen atoms in total. The molecule has 12 heteroatoms. The summed E-state index contributed by atoms with van der Waals surface area (Å²) in [5, 5.41) is 0. The van der Waals surface area contributed by atoms with Crippen LogP contribution in [0.5, 0.6) is 0 Å². The zero-order chi connectivity index (χ0) is 12.6. The highest BCUT2D eigenvalue weighted by Crippen LogP contribution is 1.67. The lowest BCUT2D eigenvalue weighted by atomic mass is 12.0. The zero-order valence-electron chi connectivity index (χ0n) is 8.41. The fourth-order valence-electron chi connectivity index (χ4n) is 0.0589. The second-order valence-electron chi connectivity index (χ2n) is 1.19. The van der Waals surface area contributed by atoms with Crippen molar-refractivity contribution < 1.29 is 30.1 Å². The zero-order valence-corrected chi connectivity index (χ0v) is 15.1. The Balaban J connectivity index is -0.0000000218. The van der Waals surface area contributed by atoms with E-state index >= 15 is 0 Å². The molecule has 0 saturated heterocycles. The molecule has 0 unspecified atom stereocenters. The van der Waals surface area contributed by atoms with Crippen LogP contribution in [-0.2, 0) is 0 Å². The van der Waals surface area contributed by atoms with Crippen LogP contribution < -0.4 is 0 Å². The first kappa shape index (κ1) is 36.0. The first-order valence-corrected chi connectivity index (χ1v) is 12.8. The van der Waals surface area contributed by atoms with Crippen molar-refractivity contribution in [2.75, 3.05) is 0 Å². The standard InChI is InChI=1S/C2H4Si3.2CH2Si.H4O4Si.2H2O/c1-3-5-4-2;2*1-2;1-5(2,3)4;;/h1-2H,5H2;2*1-2H;1-4H;2*1H2/p-1. The summed E-state index contributed by atoms with van der Waals surface area (Å²) in [4.78, 5) is 29.3. The second kappa shape index (κ2) is 36.2. The maximum Gasteiger partial charge on any atom is 0.668 e. The average Bonchev–Trinajstić information content (AvgIpc) is 2.10. The van der Waals surface area contributed by atoms with Gasteiger partial charge in [0.1, 0.15) is 8.55 Å². The monoisotopic (exact) mass is 327 g/mol. The summed E-state index contributed by atoms with van der Waals surface area (Å²) in [6.07, 6.45) is 0. The fourth-order valence-corrected chi connectivity index (χ4v) is 1.59. The van der Waals surface area contributed by atoms with Gasteiger partial charge in [-0.25, -0.2) is 0 Å². The average molecular weight is 328 g/mol. The highest BCUT2D eigenvalue weighted by atomic mass is 29.5. The van der Waals surface area contributed by atoms with Crippen LogP contribution in [0.25, 0.3) is 0 Å². The molecule has 0 aromatic carbocycles. The summed E-state index contributed by atoms with van der Waals surface area (Å²) in [6.45, 7) is 0. The molecule has 0 aliphatic heterocycles. The van der Waals surface area contributed by atoms with Crippen LogP contribution >= 0.6 is 0 Å². The van der Waals surface area contributed by atoms with Gasteiger partial charge in [-0.3, -0.25) is 0 Å². The maximum atomic E-state index is 7.33. The molecule has 0 aliphatic carbocycles. The number of hydrogen-bond donors (Lipinski definition) is 4. The number of hydrogen-bond acceptors (Lipinski definition) is 5. The van der Waals surface area contributed by atoms with E-state index in [1.807, 2.05) is 19.4 Å². The van der Waals surface area contributed by atoms with Crippen molar-refractivity contribution in [1.82, 2.24) is 0 Å². The third kappa shape index (κ3) is 518. The third-order valence-corrected chi connectivity index (χ3v) is 5.51. The summed E-state index contributed by atoms with van der Waals surface area (Å²) in [5.41, 5.74) is 0. The Morgan fingerprint density at radius 3 is 1.00 bits per heavy atom. The Kier molecular flexibility index (Phi) is 81.4. The van der Waals surface area contributed by atoms with Crippen molar-refractivity contribution in [2.24, 2.45) is 0 Å². The highest BCUT2D eigenvalue weighted by molar-refractivity contribution is 7.22. The van der Waals surface area contributed by atoms with Crippen molar-refractivity contribution in [1.29, 1.82) is 0 Å². The van der Waals surface area contributed by atoms with Gasteiger partial charge in [-0.15, -0.1) is 0 Å². The Morgan fingerprint density at radius 1 is 0.875 bits per heavy atom. The third-order valence-electron chi connectivity index (χ3n) is 0.204. The Labute approximate surface area is 108 Å². The molecule has 0 rings (SSSR count). The van der Waals surface area contributed by atoms with Crippen LogP contribution in [0.2, 0.25) is 0 Å². The van der Waals surface area contributed by atoms with Gasteiger partial charge in [-0.1, -0.05) is 0 Å². The Morgan fingerprint density at radius 2 is 1.00 bits per heavy atom. The van der Waals surface area contributed by atoms with Crippen LogP contribution in [0.15, 0.2) is 0 Å². The summed E-state index contributed by atoms with van der Waals surface area (Å²) in [6, 6.07) is 19.1. The van der Waals surface area contributed by atoms with E-state index in [1.165, 1.54) is 0 Å². The molecule has 16 heavy (non-hydrogen) atoms. The minimum Gasteiger partial charge on any atom is -0.870 e. The molecule has 0 bridgehead atoms. The SMILES string of the molecule is C#[SiH].C#[SiH].C#[Si][SiH2][Si]#C.O.O[Si](O)(O)O.[OH-]. The van der Waals surface area contributed by atoms with Gasteiger partial charge in [0.15, 0.2) is 0 Å². The summed E-state index contributed by atoms with van der Waals surface area (Å²) < 4.78 is 0. The van der Waals surface area contributed by atoms with Crippen molar-refractivity contribution in [2.45, 2.75) is 0 Å². The van der Waals surface area contributed by atoms with Crippen molar-refractivity contribution in [3.8, 4) is 24.0 Å². The van der Waals surface area contributed by atoms with Gasteiger partial charge in [0.2, 0.25) is 0 Å². The van der Waals surface area contributed by atoms with Gasteiger partial charge in [0.05, 0.1) is 0 Å². The van der Waals surface area contributed by atoms with Gasteiger partial charge < -0.3 is 30.1 Å². The molecule has 0 amide bonds. The summed E-state index contributed by atoms with van der Waals surface area (Å²) in [7, 11) is 0.633. The minimum atomic E-state index is -4.61. The molecule has 0 aromatic rings. The predicted octanol–water partition coefficient (Wildman–Crippen LogP) is -6.09. The molecular formula is C4H15O6Si6-. The molecule has 0 fully saturated rings. The van der Waals surface area contributed by atoms with Crippen molar-refractivity contribution in [3.05, 3.63) is 0 Å². The minimum absolute atomic E-state index is 0. The topological polar surface area (TPSA) is 142 Å². The van der Waals surface area contributed by atoms with Crippen molar-refractivity contribution >= 4 is 53.9 Å². The van der Waals surface area contributed by atoms with E-state index in [0.717, 1.165) is 0 Å². The largest absolute Gasteiger partial charge is 0.870 e. The fraction of sp³-hybridized carbons (Fsp3) is 0.